The molecule has 1 amide bonds. The van der Waals surface area contributed by atoms with E-state index in [0.717, 1.165) is 34.6 Å². The van der Waals surface area contributed by atoms with Crippen LogP contribution in [0.15, 0.2) is 97.6 Å². The topological polar surface area (TPSA) is 91.0 Å². The first-order valence-electron chi connectivity index (χ1n) is 14.5. The zero-order chi connectivity index (χ0) is 32.6. The van der Waals surface area contributed by atoms with E-state index in [4.69, 9.17) is 19.9 Å². The fourth-order valence-electron chi connectivity index (χ4n) is 3.66. The molecule has 0 heterocycles. The number of carbonyl (C=O) groups excluding carboxylic acids is 1. The van der Waals surface area contributed by atoms with E-state index in [1.54, 1.807) is 38.5 Å². The van der Waals surface area contributed by atoms with Crippen LogP contribution in [-0.4, -0.2) is 31.8 Å². The van der Waals surface area contributed by atoms with Gasteiger partial charge in [-0.25, -0.2) is 0 Å². The Hall–Kier alpha value is -4.29. The Morgan fingerprint density at radius 2 is 1.51 bits per heavy atom. The summed E-state index contributed by atoms with van der Waals surface area (Å²) in [7, 11) is 3.21. The summed E-state index contributed by atoms with van der Waals surface area (Å²) < 4.78 is 16.2. The van der Waals surface area contributed by atoms with E-state index in [0.29, 0.717) is 17.9 Å². The lowest BCUT2D eigenvalue weighted by molar-refractivity contribution is -0.117. The number of primary amides is 1. The van der Waals surface area contributed by atoms with Crippen LogP contribution in [0.25, 0.3) is 0 Å². The highest BCUT2D eigenvalue weighted by Crippen LogP contribution is 2.29. The molecule has 0 radical (unpaired) electrons. The third-order valence-corrected chi connectivity index (χ3v) is 5.95. The second-order valence-electron chi connectivity index (χ2n) is 9.50. The molecule has 0 atom stereocenters. The standard InChI is InChI=1S/C16H20O2.C11H15NO3.C7H8.C3H8/c1-5-8-14(7-3)12-18-16-11-13(6-2)9-10-15(16)17-4;1-7-9(6-13)8(5-11(12)14)3-4-10(7)15-2;1-7-5-3-2-4-6-7;1-3-2/h5,7-11H,1,3,6,12H2,2,4H3;3-4,13H,5-6H2,1-2H3,(H2,12,14);2-6H,1H3;3H2,1-2H3/b14-8+;;;. The number of ether oxygens (including phenoxy) is 3. The number of benzene rings is 3. The van der Waals surface area contributed by atoms with Crippen molar-refractivity contribution in [3.8, 4) is 17.2 Å². The van der Waals surface area contributed by atoms with E-state index >= 15 is 0 Å². The Morgan fingerprint density at radius 3 is 1.95 bits per heavy atom. The van der Waals surface area contributed by atoms with Gasteiger partial charge in [0, 0.05) is 0 Å². The van der Waals surface area contributed by atoms with Crippen LogP contribution in [0.3, 0.4) is 0 Å². The number of rotatable bonds is 11. The Bertz CT molecular complexity index is 1270. The van der Waals surface area contributed by atoms with E-state index in [1.807, 2.05) is 49.4 Å². The quantitative estimate of drug-likeness (QED) is 0.222. The number of aryl methyl sites for hydroxylation is 2. The van der Waals surface area contributed by atoms with Crippen molar-refractivity contribution < 1.29 is 24.1 Å². The minimum Gasteiger partial charge on any atom is -0.496 e. The van der Waals surface area contributed by atoms with Crippen molar-refractivity contribution in [1.82, 2.24) is 0 Å². The lowest BCUT2D eigenvalue weighted by atomic mass is 9.99. The highest BCUT2D eigenvalue weighted by Gasteiger charge is 2.11. The molecule has 0 aliphatic heterocycles. The van der Waals surface area contributed by atoms with Crippen LogP contribution < -0.4 is 19.9 Å². The normalized spacial score (nSPS) is 9.91. The number of nitrogens with two attached hydrogens (primary N) is 1. The summed E-state index contributed by atoms with van der Waals surface area (Å²) in [6.07, 6.45) is 7.72. The molecule has 0 fully saturated rings. The molecule has 234 valence electrons. The third-order valence-electron chi connectivity index (χ3n) is 5.95. The van der Waals surface area contributed by atoms with Crippen molar-refractivity contribution in [3.05, 3.63) is 125 Å². The van der Waals surface area contributed by atoms with Crippen LogP contribution in [-0.2, 0) is 24.2 Å². The molecule has 0 unspecified atom stereocenters. The maximum absolute atomic E-state index is 10.8. The van der Waals surface area contributed by atoms with Gasteiger partial charge in [0.1, 0.15) is 12.4 Å². The molecule has 0 aliphatic carbocycles. The smallest absolute Gasteiger partial charge is 0.221 e. The van der Waals surface area contributed by atoms with Crippen molar-refractivity contribution in [1.29, 1.82) is 0 Å². The van der Waals surface area contributed by atoms with Gasteiger partial charge in [-0.05, 0) is 66.3 Å². The van der Waals surface area contributed by atoms with Crippen molar-refractivity contribution in [2.24, 2.45) is 5.73 Å². The van der Waals surface area contributed by atoms with Gasteiger partial charge < -0.3 is 25.1 Å². The van der Waals surface area contributed by atoms with Crippen LogP contribution in [0.5, 0.6) is 17.2 Å². The fourth-order valence-corrected chi connectivity index (χ4v) is 3.66. The summed E-state index contributed by atoms with van der Waals surface area (Å²) in [4.78, 5) is 10.8. The van der Waals surface area contributed by atoms with Gasteiger partial charge in [0.05, 0.1) is 27.2 Å². The summed E-state index contributed by atoms with van der Waals surface area (Å²) in [6.45, 7) is 18.0. The van der Waals surface area contributed by atoms with Gasteiger partial charge in [-0.15, -0.1) is 0 Å². The van der Waals surface area contributed by atoms with Crippen molar-refractivity contribution >= 4 is 5.91 Å². The fraction of sp³-hybridized carbons (Fsp3) is 0.324. The van der Waals surface area contributed by atoms with E-state index in [9.17, 15) is 9.90 Å². The van der Waals surface area contributed by atoms with Crippen LogP contribution in [0.2, 0.25) is 0 Å². The summed E-state index contributed by atoms with van der Waals surface area (Å²) in [5.41, 5.74) is 11.0. The molecule has 0 bridgehead atoms. The van der Waals surface area contributed by atoms with Gasteiger partial charge in [0.25, 0.3) is 0 Å². The first-order valence-corrected chi connectivity index (χ1v) is 14.5. The first kappa shape index (κ1) is 38.7. The number of allylic oxidation sites excluding steroid dienone is 2. The second-order valence-corrected chi connectivity index (χ2v) is 9.50. The molecule has 0 aliphatic rings. The van der Waals surface area contributed by atoms with Crippen molar-refractivity contribution in [2.75, 3.05) is 20.8 Å². The van der Waals surface area contributed by atoms with E-state index < -0.39 is 5.91 Å². The number of amides is 1. The molecular weight excluding hydrogens is 538 g/mol. The third kappa shape index (κ3) is 15.5. The second kappa shape index (κ2) is 23.3. The molecule has 3 aromatic carbocycles. The maximum atomic E-state index is 10.8. The summed E-state index contributed by atoms with van der Waals surface area (Å²) in [5, 5.41) is 9.22. The first-order chi connectivity index (χ1) is 20.6. The Labute approximate surface area is 259 Å². The van der Waals surface area contributed by atoms with Crippen molar-refractivity contribution in [2.45, 2.75) is 60.5 Å². The average molecular weight is 590 g/mol. The Kier molecular flexibility index (Phi) is 21.0. The molecule has 3 rings (SSSR count). The highest BCUT2D eigenvalue weighted by atomic mass is 16.5. The maximum Gasteiger partial charge on any atom is 0.221 e. The monoisotopic (exact) mass is 589 g/mol. The Balaban J connectivity index is 0.000000630. The van der Waals surface area contributed by atoms with Gasteiger partial charge in [-0.1, -0.05) is 107 Å². The van der Waals surface area contributed by atoms with Gasteiger partial charge in [0.15, 0.2) is 11.5 Å². The molecule has 0 saturated carbocycles. The highest BCUT2D eigenvalue weighted by molar-refractivity contribution is 5.77. The minimum absolute atomic E-state index is 0.119. The number of hydrogen-bond acceptors (Lipinski definition) is 5. The molecule has 0 saturated heterocycles. The molecule has 0 aromatic heterocycles. The van der Waals surface area contributed by atoms with E-state index in [1.165, 1.54) is 17.5 Å². The molecule has 6 nitrogen and oxygen atoms in total. The van der Waals surface area contributed by atoms with Gasteiger partial charge >= 0.3 is 0 Å². The van der Waals surface area contributed by atoms with Crippen LogP contribution in [0, 0.1) is 13.8 Å². The largest absolute Gasteiger partial charge is 0.496 e. The summed E-state index contributed by atoms with van der Waals surface area (Å²) >= 11 is 0. The van der Waals surface area contributed by atoms with Crippen LogP contribution >= 0.6 is 0 Å². The Morgan fingerprint density at radius 1 is 0.907 bits per heavy atom. The zero-order valence-electron chi connectivity index (χ0n) is 27.1. The predicted octanol–water partition coefficient (Wildman–Crippen LogP) is 7.87. The van der Waals surface area contributed by atoms with E-state index in [2.05, 4.69) is 53.0 Å². The number of methoxy groups -OCH3 is 2. The molecule has 0 spiro atoms. The molecule has 43 heavy (non-hydrogen) atoms. The molecule has 3 aromatic rings. The molecular formula is C37H51NO5. The number of aliphatic hydroxyl groups excluding tert-OH is 1. The van der Waals surface area contributed by atoms with Crippen LogP contribution in [0.1, 0.15) is 55.0 Å². The lowest BCUT2D eigenvalue weighted by Gasteiger charge is -2.12. The zero-order valence-corrected chi connectivity index (χ0v) is 27.1. The summed E-state index contributed by atoms with van der Waals surface area (Å²) in [6, 6.07) is 19.8. The van der Waals surface area contributed by atoms with Gasteiger partial charge in [-0.3, -0.25) is 4.79 Å². The number of carbonyl (C=O) groups is 1. The average Bonchev–Trinajstić information content (AvgIpc) is 3.00. The SMILES string of the molecule is C=C/C=C(\C=C)COc1cc(CC)ccc1OC.CCC.COc1ccc(CC(N)=O)c(CO)c1C.Cc1ccccc1. The molecule has 6 heteroatoms. The van der Waals surface area contributed by atoms with Gasteiger partial charge in [-0.2, -0.15) is 0 Å². The van der Waals surface area contributed by atoms with Crippen LogP contribution in [0.4, 0.5) is 0 Å². The lowest BCUT2D eigenvalue weighted by Crippen LogP contribution is -2.15. The van der Waals surface area contributed by atoms with E-state index in [-0.39, 0.29) is 13.0 Å². The minimum atomic E-state index is -0.408. The molecule has 3 N–H and O–H groups in total. The van der Waals surface area contributed by atoms with Crippen molar-refractivity contribution in [3.63, 3.8) is 0 Å². The number of hydrogen-bond donors (Lipinski definition) is 2. The van der Waals surface area contributed by atoms with Gasteiger partial charge in [0.2, 0.25) is 5.91 Å². The summed E-state index contributed by atoms with van der Waals surface area (Å²) in [5.74, 6) is 1.80. The predicted molar refractivity (Wildman–Crippen MR) is 180 cm³/mol. The number of aliphatic hydroxyl groups is 1.